The van der Waals surface area contributed by atoms with Crippen molar-refractivity contribution in [2.45, 2.75) is 12.7 Å². The first-order chi connectivity index (χ1) is 6.44. The van der Waals surface area contributed by atoms with Crippen LogP contribution >= 0.6 is 0 Å². The fourth-order valence-electron chi connectivity index (χ4n) is 0.978. The van der Waals surface area contributed by atoms with Gasteiger partial charge in [-0.05, 0) is 6.07 Å². The molecule has 0 unspecified atom stereocenters. The summed E-state index contributed by atoms with van der Waals surface area (Å²) in [5.41, 5.74) is 0.00764. The normalized spacial score (nSPS) is 11.6. The number of sulfone groups is 1. The molecule has 0 N–H and O–H groups in total. The molecule has 0 aromatic heterocycles. The zero-order chi connectivity index (χ0) is 10.8. The topological polar surface area (TPSA) is 34.1 Å². The number of rotatable bonds is 3. The van der Waals surface area contributed by atoms with Crippen LogP contribution < -0.4 is 0 Å². The Labute approximate surface area is 81.5 Å². The van der Waals surface area contributed by atoms with Crippen molar-refractivity contribution in [2.75, 3.05) is 5.75 Å². The molecule has 0 bridgehead atoms. The molecule has 0 atom stereocenters. The second-order valence-electron chi connectivity index (χ2n) is 2.91. The average molecular weight is 220 g/mol. The van der Waals surface area contributed by atoms with Gasteiger partial charge in [-0.15, -0.1) is 0 Å². The lowest BCUT2D eigenvalue weighted by atomic mass is 10.2. The summed E-state index contributed by atoms with van der Waals surface area (Å²) in [7, 11) is -3.27. The van der Waals surface area contributed by atoms with Gasteiger partial charge >= 0.3 is 0 Å². The monoisotopic (exact) mass is 220 g/mol. The maximum Gasteiger partial charge on any atom is 0.154 e. The molecule has 0 heterocycles. The highest BCUT2D eigenvalue weighted by Gasteiger charge is 2.12. The van der Waals surface area contributed by atoms with E-state index in [-0.39, 0.29) is 17.1 Å². The lowest BCUT2D eigenvalue weighted by Gasteiger charge is -2.02. The van der Waals surface area contributed by atoms with E-state index in [1.54, 1.807) is 0 Å². The van der Waals surface area contributed by atoms with Crippen LogP contribution in [0.1, 0.15) is 12.5 Å². The van der Waals surface area contributed by atoms with Crippen LogP contribution in [0.2, 0.25) is 0 Å². The molecule has 0 aliphatic carbocycles. The molecule has 0 spiro atoms. The Bertz CT molecular complexity index is 426. The quantitative estimate of drug-likeness (QED) is 0.779. The standard InChI is InChI=1S/C9H10F2O2S/c1-2-14(12,13)6-7-3-4-8(10)5-9(7)11/h3-5H,2,6H2,1H3. The van der Waals surface area contributed by atoms with E-state index in [1.165, 1.54) is 6.92 Å². The average Bonchev–Trinajstić information content (AvgIpc) is 2.10. The molecule has 0 fully saturated rings. The van der Waals surface area contributed by atoms with Crippen molar-refractivity contribution < 1.29 is 17.2 Å². The number of hydrogen-bond acceptors (Lipinski definition) is 2. The Morgan fingerprint density at radius 3 is 2.43 bits per heavy atom. The molecule has 2 nitrogen and oxygen atoms in total. The second kappa shape index (κ2) is 4.04. The van der Waals surface area contributed by atoms with Crippen LogP contribution in [0.3, 0.4) is 0 Å². The van der Waals surface area contributed by atoms with E-state index in [2.05, 4.69) is 0 Å². The molecule has 0 aliphatic heterocycles. The fraction of sp³-hybridized carbons (Fsp3) is 0.333. The van der Waals surface area contributed by atoms with Crippen molar-refractivity contribution in [1.29, 1.82) is 0 Å². The molecular formula is C9H10F2O2S. The first-order valence-electron chi connectivity index (χ1n) is 4.09. The van der Waals surface area contributed by atoms with Gasteiger partial charge < -0.3 is 0 Å². The molecule has 14 heavy (non-hydrogen) atoms. The first-order valence-corrected chi connectivity index (χ1v) is 5.91. The van der Waals surface area contributed by atoms with Crippen LogP contribution in [0.5, 0.6) is 0 Å². The van der Waals surface area contributed by atoms with Crippen LogP contribution in [0.15, 0.2) is 18.2 Å². The number of hydrogen-bond donors (Lipinski definition) is 0. The van der Waals surface area contributed by atoms with Crippen LogP contribution in [0, 0.1) is 11.6 Å². The third-order valence-corrected chi connectivity index (χ3v) is 3.46. The second-order valence-corrected chi connectivity index (χ2v) is 5.27. The van der Waals surface area contributed by atoms with E-state index in [0.717, 1.165) is 12.1 Å². The number of halogens is 2. The van der Waals surface area contributed by atoms with Crippen LogP contribution in [-0.4, -0.2) is 14.2 Å². The molecule has 78 valence electrons. The summed E-state index contributed by atoms with van der Waals surface area (Å²) >= 11 is 0. The molecule has 0 amide bonds. The predicted octanol–water partition coefficient (Wildman–Crippen LogP) is 1.90. The number of benzene rings is 1. The zero-order valence-electron chi connectivity index (χ0n) is 7.63. The van der Waals surface area contributed by atoms with Crippen molar-refractivity contribution in [3.63, 3.8) is 0 Å². The molecule has 1 aromatic carbocycles. The highest BCUT2D eigenvalue weighted by molar-refractivity contribution is 7.90. The van der Waals surface area contributed by atoms with Gasteiger partial charge in [0.2, 0.25) is 0 Å². The molecule has 1 rings (SSSR count). The Morgan fingerprint density at radius 1 is 1.29 bits per heavy atom. The van der Waals surface area contributed by atoms with Crippen LogP contribution in [0.4, 0.5) is 8.78 Å². The lowest BCUT2D eigenvalue weighted by Crippen LogP contribution is -2.08. The van der Waals surface area contributed by atoms with Crippen molar-refractivity contribution in [3.8, 4) is 0 Å². The Balaban J connectivity index is 2.99. The van der Waals surface area contributed by atoms with Crippen LogP contribution in [0.25, 0.3) is 0 Å². The molecule has 0 saturated heterocycles. The molecule has 0 aliphatic rings. The molecule has 1 aromatic rings. The SMILES string of the molecule is CCS(=O)(=O)Cc1ccc(F)cc1F. The third-order valence-electron chi connectivity index (χ3n) is 1.83. The van der Waals surface area contributed by atoms with E-state index < -0.39 is 21.5 Å². The van der Waals surface area contributed by atoms with Gasteiger partial charge in [-0.25, -0.2) is 17.2 Å². The van der Waals surface area contributed by atoms with Gasteiger partial charge in [-0.3, -0.25) is 0 Å². The Morgan fingerprint density at radius 2 is 1.93 bits per heavy atom. The van der Waals surface area contributed by atoms with E-state index >= 15 is 0 Å². The smallest absolute Gasteiger partial charge is 0.154 e. The highest BCUT2D eigenvalue weighted by Crippen LogP contribution is 2.13. The van der Waals surface area contributed by atoms with Crippen molar-refractivity contribution in [2.24, 2.45) is 0 Å². The zero-order valence-corrected chi connectivity index (χ0v) is 8.44. The van der Waals surface area contributed by atoms with Crippen LogP contribution in [-0.2, 0) is 15.6 Å². The maximum atomic E-state index is 13.0. The van der Waals surface area contributed by atoms with E-state index in [1.807, 2.05) is 0 Å². The van der Waals surface area contributed by atoms with Crippen molar-refractivity contribution >= 4 is 9.84 Å². The highest BCUT2D eigenvalue weighted by atomic mass is 32.2. The summed E-state index contributed by atoms with van der Waals surface area (Å²) < 4.78 is 47.8. The summed E-state index contributed by atoms with van der Waals surface area (Å²) in [5.74, 6) is -1.96. The van der Waals surface area contributed by atoms with Gasteiger partial charge in [0.05, 0.1) is 5.75 Å². The summed E-state index contributed by atoms with van der Waals surface area (Å²) in [6.07, 6.45) is 0. The Hall–Kier alpha value is -0.970. The summed E-state index contributed by atoms with van der Waals surface area (Å²) in [6, 6.07) is 2.88. The minimum absolute atomic E-state index is 0.00764. The fourth-order valence-corrected chi connectivity index (χ4v) is 1.89. The molecule has 0 saturated carbocycles. The summed E-state index contributed by atoms with van der Waals surface area (Å²) in [6.45, 7) is 1.48. The molecule has 5 heteroatoms. The Kier molecular flexibility index (Phi) is 3.21. The van der Waals surface area contributed by atoms with Gasteiger partial charge in [-0.1, -0.05) is 13.0 Å². The van der Waals surface area contributed by atoms with Gasteiger partial charge in [0.15, 0.2) is 9.84 Å². The minimum Gasteiger partial charge on any atom is -0.229 e. The minimum atomic E-state index is -3.27. The van der Waals surface area contributed by atoms with Gasteiger partial charge in [-0.2, -0.15) is 0 Å². The largest absolute Gasteiger partial charge is 0.229 e. The summed E-state index contributed by atoms with van der Waals surface area (Å²) in [4.78, 5) is 0. The third kappa shape index (κ3) is 2.77. The van der Waals surface area contributed by atoms with E-state index in [0.29, 0.717) is 6.07 Å². The van der Waals surface area contributed by atoms with E-state index in [9.17, 15) is 17.2 Å². The van der Waals surface area contributed by atoms with Crippen molar-refractivity contribution in [3.05, 3.63) is 35.4 Å². The van der Waals surface area contributed by atoms with Crippen molar-refractivity contribution in [1.82, 2.24) is 0 Å². The first kappa shape index (κ1) is 11.1. The van der Waals surface area contributed by atoms with E-state index in [4.69, 9.17) is 0 Å². The molecular weight excluding hydrogens is 210 g/mol. The molecule has 0 radical (unpaired) electrons. The van der Waals surface area contributed by atoms with Gasteiger partial charge in [0, 0.05) is 17.4 Å². The van der Waals surface area contributed by atoms with Gasteiger partial charge in [0.1, 0.15) is 11.6 Å². The lowest BCUT2D eigenvalue weighted by molar-refractivity contribution is 0.569. The maximum absolute atomic E-state index is 13.0. The summed E-state index contributed by atoms with van der Waals surface area (Å²) in [5, 5.41) is 0. The predicted molar refractivity (Wildman–Crippen MR) is 49.5 cm³/mol. The van der Waals surface area contributed by atoms with Gasteiger partial charge in [0.25, 0.3) is 0 Å².